The minimum atomic E-state index is 0.565. The van der Waals surface area contributed by atoms with Gasteiger partial charge in [0.2, 0.25) is 0 Å². The molecule has 76 valence electrons. The Morgan fingerprint density at radius 3 is 3.00 bits per heavy atom. The van der Waals surface area contributed by atoms with Crippen LogP contribution in [0.25, 0.3) is 0 Å². The maximum absolute atomic E-state index is 4.33. The molecule has 1 N–H and O–H groups in total. The van der Waals surface area contributed by atoms with Crippen LogP contribution in [0.3, 0.4) is 0 Å². The number of fused-ring (bicyclic) bond motifs is 1. The van der Waals surface area contributed by atoms with Gasteiger partial charge in [0.1, 0.15) is 11.6 Å². The van der Waals surface area contributed by atoms with Crippen LogP contribution in [0.15, 0.2) is 0 Å². The Balaban J connectivity index is 1.87. The number of nitrogens with zero attached hydrogens (tertiary/aromatic N) is 3. The van der Waals surface area contributed by atoms with Crippen LogP contribution in [0.1, 0.15) is 30.9 Å². The molecule has 4 nitrogen and oxygen atoms in total. The molecular formula is C10H16N4. The van der Waals surface area contributed by atoms with Crippen molar-refractivity contribution in [3.8, 4) is 0 Å². The number of hydrogen-bond acceptors (Lipinski definition) is 3. The zero-order valence-electron chi connectivity index (χ0n) is 8.53. The van der Waals surface area contributed by atoms with Crippen LogP contribution < -0.4 is 5.32 Å². The lowest BCUT2D eigenvalue weighted by Crippen LogP contribution is -2.45. The molecule has 0 aromatic carbocycles. The molecular weight excluding hydrogens is 176 g/mol. The van der Waals surface area contributed by atoms with Crippen molar-refractivity contribution in [2.75, 3.05) is 13.1 Å². The molecule has 1 unspecified atom stereocenters. The lowest BCUT2D eigenvalue weighted by Gasteiger charge is -2.32. The van der Waals surface area contributed by atoms with Gasteiger partial charge in [-0.25, -0.2) is 0 Å². The SMILES string of the molecule is CC(c1nnc2n1CCC2)C1CNC1. The molecule has 1 saturated heterocycles. The van der Waals surface area contributed by atoms with Crippen LogP contribution in [0, 0.1) is 5.92 Å². The fourth-order valence-corrected chi connectivity index (χ4v) is 2.39. The van der Waals surface area contributed by atoms with Gasteiger partial charge in [-0.05, 0) is 25.4 Å². The molecule has 3 rings (SSSR count). The number of hydrogen-bond donors (Lipinski definition) is 1. The van der Waals surface area contributed by atoms with E-state index in [-0.39, 0.29) is 0 Å². The van der Waals surface area contributed by atoms with E-state index in [1.54, 1.807) is 0 Å². The van der Waals surface area contributed by atoms with Crippen LogP contribution in [-0.4, -0.2) is 27.9 Å². The molecule has 4 heteroatoms. The van der Waals surface area contributed by atoms with Gasteiger partial charge in [-0.3, -0.25) is 0 Å². The van der Waals surface area contributed by atoms with Crippen LogP contribution in [-0.2, 0) is 13.0 Å². The molecule has 0 amide bonds. The second-order valence-electron chi connectivity index (χ2n) is 4.44. The van der Waals surface area contributed by atoms with Crippen LogP contribution in [0.2, 0.25) is 0 Å². The number of rotatable bonds is 2. The molecule has 0 saturated carbocycles. The van der Waals surface area contributed by atoms with Crippen molar-refractivity contribution in [1.29, 1.82) is 0 Å². The topological polar surface area (TPSA) is 42.7 Å². The summed E-state index contributed by atoms with van der Waals surface area (Å²) in [6, 6.07) is 0. The van der Waals surface area contributed by atoms with E-state index in [1.165, 1.54) is 18.1 Å². The minimum absolute atomic E-state index is 0.565. The van der Waals surface area contributed by atoms with Crippen LogP contribution >= 0.6 is 0 Å². The van der Waals surface area contributed by atoms with E-state index in [1.807, 2.05) is 0 Å². The zero-order valence-corrected chi connectivity index (χ0v) is 8.53. The Kier molecular flexibility index (Phi) is 1.83. The first-order valence-corrected chi connectivity index (χ1v) is 5.49. The summed E-state index contributed by atoms with van der Waals surface area (Å²) in [7, 11) is 0. The highest BCUT2D eigenvalue weighted by atomic mass is 15.3. The third kappa shape index (κ3) is 1.10. The Hall–Kier alpha value is -0.900. The molecule has 1 aromatic heterocycles. The Bertz CT molecular complexity index is 340. The predicted octanol–water partition coefficient (Wildman–Crippen LogP) is 0.547. The van der Waals surface area contributed by atoms with Gasteiger partial charge in [0.15, 0.2) is 0 Å². The maximum Gasteiger partial charge on any atom is 0.136 e. The third-order valence-corrected chi connectivity index (χ3v) is 3.57. The highest BCUT2D eigenvalue weighted by molar-refractivity contribution is 5.07. The second kappa shape index (κ2) is 3.05. The Morgan fingerprint density at radius 1 is 1.43 bits per heavy atom. The maximum atomic E-state index is 4.33. The van der Waals surface area contributed by atoms with Gasteiger partial charge >= 0.3 is 0 Å². The molecule has 0 bridgehead atoms. The summed E-state index contributed by atoms with van der Waals surface area (Å²) in [5.41, 5.74) is 0. The molecule has 1 fully saturated rings. The summed E-state index contributed by atoms with van der Waals surface area (Å²) in [4.78, 5) is 0. The average molecular weight is 192 g/mol. The molecule has 3 heterocycles. The van der Waals surface area contributed by atoms with Gasteiger partial charge in [0, 0.05) is 18.9 Å². The fraction of sp³-hybridized carbons (Fsp3) is 0.800. The summed E-state index contributed by atoms with van der Waals surface area (Å²) >= 11 is 0. The van der Waals surface area contributed by atoms with E-state index in [4.69, 9.17) is 0 Å². The largest absolute Gasteiger partial charge is 0.316 e. The number of nitrogens with one attached hydrogen (secondary N) is 1. The number of aromatic nitrogens is 3. The summed E-state index contributed by atoms with van der Waals surface area (Å²) in [6.45, 7) is 5.69. The van der Waals surface area contributed by atoms with Crippen molar-refractivity contribution >= 4 is 0 Å². The molecule has 0 radical (unpaired) electrons. The standard InChI is InChI=1S/C10H16N4/c1-7(8-5-11-6-8)10-13-12-9-3-2-4-14(9)10/h7-8,11H,2-6H2,1H3. The van der Waals surface area contributed by atoms with Gasteiger partial charge in [-0.15, -0.1) is 10.2 Å². The van der Waals surface area contributed by atoms with Crippen molar-refractivity contribution in [2.45, 2.75) is 32.2 Å². The summed E-state index contributed by atoms with van der Waals surface area (Å²) in [6.07, 6.45) is 2.36. The van der Waals surface area contributed by atoms with Crippen molar-refractivity contribution in [3.05, 3.63) is 11.6 Å². The molecule has 14 heavy (non-hydrogen) atoms. The van der Waals surface area contributed by atoms with Crippen molar-refractivity contribution in [1.82, 2.24) is 20.1 Å². The van der Waals surface area contributed by atoms with E-state index >= 15 is 0 Å². The van der Waals surface area contributed by atoms with Crippen molar-refractivity contribution < 1.29 is 0 Å². The fourth-order valence-electron chi connectivity index (χ4n) is 2.39. The summed E-state index contributed by atoms with van der Waals surface area (Å²) in [5, 5.41) is 11.9. The highest BCUT2D eigenvalue weighted by Crippen LogP contribution is 2.28. The second-order valence-corrected chi connectivity index (χ2v) is 4.44. The lowest BCUT2D eigenvalue weighted by molar-refractivity contribution is 0.291. The summed E-state index contributed by atoms with van der Waals surface area (Å²) in [5.74, 6) is 3.74. The smallest absolute Gasteiger partial charge is 0.136 e. The minimum Gasteiger partial charge on any atom is -0.316 e. The van der Waals surface area contributed by atoms with Gasteiger partial charge in [-0.1, -0.05) is 6.92 Å². The first-order valence-electron chi connectivity index (χ1n) is 5.49. The van der Waals surface area contributed by atoms with E-state index in [2.05, 4.69) is 27.0 Å². The normalized spacial score (nSPS) is 23.2. The van der Waals surface area contributed by atoms with Gasteiger partial charge in [0.25, 0.3) is 0 Å². The van der Waals surface area contributed by atoms with Crippen molar-refractivity contribution in [2.24, 2.45) is 5.92 Å². The van der Waals surface area contributed by atoms with E-state index in [0.29, 0.717) is 5.92 Å². The van der Waals surface area contributed by atoms with E-state index in [9.17, 15) is 0 Å². The Morgan fingerprint density at radius 2 is 2.29 bits per heavy atom. The first kappa shape index (κ1) is 8.41. The van der Waals surface area contributed by atoms with Crippen LogP contribution in [0.4, 0.5) is 0 Å². The van der Waals surface area contributed by atoms with Gasteiger partial charge < -0.3 is 9.88 Å². The molecule has 2 aliphatic rings. The predicted molar refractivity (Wildman–Crippen MR) is 53.1 cm³/mol. The Labute approximate surface area is 83.7 Å². The third-order valence-electron chi connectivity index (χ3n) is 3.57. The van der Waals surface area contributed by atoms with E-state index in [0.717, 1.165) is 32.0 Å². The van der Waals surface area contributed by atoms with Crippen LogP contribution in [0.5, 0.6) is 0 Å². The highest BCUT2D eigenvalue weighted by Gasteiger charge is 2.30. The average Bonchev–Trinajstić information content (AvgIpc) is 2.57. The van der Waals surface area contributed by atoms with Gasteiger partial charge in [-0.2, -0.15) is 0 Å². The van der Waals surface area contributed by atoms with Gasteiger partial charge in [0.05, 0.1) is 0 Å². The lowest BCUT2D eigenvalue weighted by atomic mass is 9.88. The zero-order chi connectivity index (χ0) is 9.54. The quantitative estimate of drug-likeness (QED) is 0.744. The van der Waals surface area contributed by atoms with Crippen molar-refractivity contribution in [3.63, 3.8) is 0 Å². The summed E-state index contributed by atoms with van der Waals surface area (Å²) < 4.78 is 2.32. The molecule has 1 aromatic rings. The monoisotopic (exact) mass is 192 g/mol. The molecule has 1 atom stereocenters. The molecule has 0 aliphatic carbocycles. The number of aryl methyl sites for hydroxylation is 1. The van der Waals surface area contributed by atoms with E-state index < -0.39 is 0 Å². The molecule has 2 aliphatic heterocycles. The molecule has 0 spiro atoms. The first-order chi connectivity index (χ1) is 6.86.